The Morgan fingerprint density at radius 1 is 0.506 bits per heavy atom. The van der Waals surface area contributed by atoms with Crippen LogP contribution in [0.2, 0.25) is 0 Å². The van der Waals surface area contributed by atoms with E-state index < -0.39 is 121 Å². The van der Waals surface area contributed by atoms with Gasteiger partial charge in [-0.2, -0.15) is 61.5 Å². The third-order valence-electron chi connectivity index (χ3n) is 11.1. The van der Waals surface area contributed by atoms with Crippen LogP contribution in [0.25, 0.3) is 0 Å². The molecule has 0 aliphatic heterocycles. The fraction of sp³-hybridized carbons (Fsp3) is 0.315. The quantitative estimate of drug-likeness (QED) is 0.0416. The molecule has 6 aromatic rings. The number of nitrogens with two attached hydrogens (primary N) is 2. The molecule has 8 N–H and O–H groups in total. The summed E-state index contributed by atoms with van der Waals surface area (Å²) in [5.74, 6) is -5.32. The highest BCUT2D eigenvalue weighted by Crippen LogP contribution is 2.39. The monoisotopic (exact) mass is 1180 g/mol. The summed E-state index contributed by atoms with van der Waals surface area (Å²) in [6.07, 6.45) is -33.8. The van der Waals surface area contributed by atoms with E-state index in [-0.39, 0.29) is 43.5 Å². The fourth-order valence-corrected chi connectivity index (χ4v) is 7.52. The maximum atomic E-state index is 14.8. The van der Waals surface area contributed by atoms with Crippen molar-refractivity contribution in [2.75, 3.05) is 13.1 Å². The molecular formula is C54H52F18N4O5. The smallest absolute Gasteiger partial charge is 0.428 e. The molecule has 2 amide bonds. The summed E-state index contributed by atoms with van der Waals surface area (Å²) < 4.78 is 241. The molecule has 444 valence electrons. The summed E-state index contributed by atoms with van der Waals surface area (Å²) in [6.45, 7) is -1.21. The van der Waals surface area contributed by atoms with Crippen LogP contribution in [0.4, 0.5) is 83.8 Å². The van der Waals surface area contributed by atoms with Crippen LogP contribution in [-0.2, 0) is 23.9 Å². The third-order valence-corrected chi connectivity index (χ3v) is 11.1. The second kappa shape index (κ2) is 29.0. The van der Waals surface area contributed by atoms with Crippen LogP contribution in [0.15, 0.2) is 146 Å². The first-order valence-electron chi connectivity index (χ1n) is 23.1. The molecule has 0 aromatic heterocycles. The number of carbonyl (C=O) groups is 1. The van der Waals surface area contributed by atoms with E-state index in [1.165, 1.54) is 24.3 Å². The molecule has 0 aliphatic carbocycles. The van der Waals surface area contributed by atoms with Gasteiger partial charge in [-0.15, -0.1) is 0 Å². The van der Waals surface area contributed by atoms with E-state index in [1.54, 1.807) is 60.7 Å². The number of aliphatic hydroxyl groups is 2. The highest BCUT2D eigenvalue weighted by molar-refractivity contribution is 5.76. The van der Waals surface area contributed by atoms with E-state index in [2.05, 4.69) is 20.1 Å². The second-order valence-electron chi connectivity index (χ2n) is 17.5. The van der Waals surface area contributed by atoms with Crippen molar-refractivity contribution in [3.8, 4) is 11.5 Å². The number of hydrogen-bond donors (Lipinski definition) is 6. The lowest BCUT2D eigenvalue weighted by Gasteiger charge is -2.37. The maximum Gasteiger partial charge on any atom is 0.461 e. The molecule has 0 heterocycles. The minimum absolute atomic E-state index is 0. The van der Waals surface area contributed by atoms with Gasteiger partial charge in [-0.3, -0.25) is 0 Å². The van der Waals surface area contributed by atoms with Gasteiger partial charge in [-0.1, -0.05) is 92.4 Å². The number of urea groups is 1. The maximum absolute atomic E-state index is 14.8. The summed E-state index contributed by atoms with van der Waals surface area (Å²) in [5, 5.41) is 22.5. The number of nitrogens with one attached hydrogen (secondary N) is 2. The molecule has 0 radical (unpaired) electrons. The molecule has 4 atom stereocenters. The Morgan fingerprint density at radius 2 is 0.901 bits per heavy atom. The van der Waals surface area contributed by atoms with Gasteiger partial charge in [0.15, 0.2) is 0 Å². The second-order valence-corrected chi connectivity index (χ2v) is 17.5. The summed E-state index contributed by atoms with van der Waals surface area (Å²) in [4.78, 5) is 13.0. The van der Waals surface area contributed by atoms with Crippen LogP contribution < -0.4 is 31.6 Å². The van der Waals surface area contributed by atoms with Crippen molar-refractivity contribution >= 4 is 6.03 Å². The Labute approximate surface area is 451 Å². The number of halogens is 18. The minimum Gasteiger partial charge on any atom is -0.428 e. The molecule has 0 fully saturated rings. The zero-order valence-electron chi connectivity index (χ0n) is 41.0. The standard InChI is InChI=1S/C27H23F9N2O3.C22H17F6NO.C4H8F3NO.CH4/c28-19-8-6-17(7-9-19)25(13-16-4-2-1-3-5-16,38-24(40)37-15-21(39)14-26(32,33)34)18-10-20(29)12-22(11-18)41-27(35,36)23(30)31;23-17-8-6-15(7-9-17)21(29,13-14-4-2-1-3-5-14)16-10-18(24)12-19(11-16)30-22(27,28)20(25)26;5-4(6,7)1-3(9)2-8;/h1-12,21,23,39H,13-15H2,(H2,37,38,40);1-12,20H,13,29H2;3,9H,1-2,8H2;1H4/t21-,25+;21-;3-;/m010./s1. The Hall–Kier alpha value is -7.23. The van der Waals surface area contributed by atoms with Crippen LogP contribution in [0, 0.1) is 23.3 Å². The van der Waals surface area contributed by atoms with Gasteiger partial charge in [0.05, 0.1) is 36.1 Å². The van der Waals surface area contributed by atoms with Gasteiger partial charge >= 0.3 is 43.5 Å². The van der Waals surface area contributed by atoms with E-state index in [0.717, 1.165) is 54.1 Å². The molecule has 27 heteroatoms. The Morgan fingerprint density at radius 3 is 1.31 bits per heavy atom. The van der Waals surface area contributed by atoms with Crippen molar-refractivity contribution in [1.29, 1.82) is 0 Å². The Kier molecular flexibility index (Phi) is 24.3. The van der Waals surface area contributed by atoms with E-state index in [0.29, 0.717) is 23.3 Å². The molecule has 81 heavy (non-hydrogen) atoms. The van der Waals surface area contributed by atoms with Crippen LogP contribution in [0.3, 0.4) is 0 Å². The molecule has 0 spiro atoms. The van der Waals surface area contributed by atoms with Crippen LogP contribution in [-0.4, -0.2) is 79.0 Å². The average molecular weight is 1180 g/mol. The van der Waals surface area contributed by atoms with Gasteiger partial charge in [0.1, 0.15) is 34.8 Å². The molecule has 0 bridgehead atoms. The number of carbonyl (C=O) groups excluding carboxylic acids is 1. The van der Waals surface area contributed by atoms with Gasteiger partial charge in [0.2, 0.25) is 0 Å². The van der Waals surface area contributed by atoms with Crippen molar-refractivity contribution in [2.45, 2.75) is 93.8 Å². The van der Waals surface area contributed by atoms with Gasteiger partial charge < -0.3 is 41.8 Å². The first-order valence-corrected chi connectivity index (χ1v) is 23.1. The lowest BCUT2D eigenvalue weighted by Crippen LogP contribution is -2.53. The molecule has 9 nitrogen and oxygen atoms in total. The number of aliphatic hydroxyl groups excluding tert-OH is 2. The topological polar surface area (TPSA) is 152 Å². The van der Waals surface area contributed by atoms with Crippen LogP contribution >= 0.6 is 0 Å². The molecule has 0 saturated carbocycles. The molecule has 6 aromatic carbocycles. The van der Waals surface area contributed by atoms with Gasteiger partial charge in [0.25, 0.3) is 0 Å². The lowest BCUT2D eigenvalue weighted by molar-refractivity contribution is -0.253. The summed E-state index contributed by atoms with van der Waals surface area (Å²) in [5.41, 5.74) is 9.16. The average Bonchev–Trinajstić information content (AvgIpc) is 3.35. The van der Waals surface area contributed by atoms with Crippen LogP contribution in [0.1, 0.15) is 53.6 Å². The molecule has 6 rings (SSSR count). The largest absolute Gasteiger partial charge is 0.461 e. The normalized spacial score (nSPS) is 14.1. The summed E-state index contributed by atoms with van der Waals surface area (Å²) >= 11 is 0. The Balaban J connectivity index is 0.000000376. The third kappa shape index (κ3) is 21.3. The van der Waals surface area contributed by atoms with Crippen molar-refractivity contribution < 1.29 is 104 Å². The lowest BCUT2D eigenvalue weighted by atomic mass is 9.77. The molecular weight excluding hydrogens is 1130 g/mol. The number of amides is 2. The van der Waals surface area contributed by atoms with Crippen molar-refractivity contribution in [1.82, 2.24) is 10.6 Å². The number of benzene rings is 6. The molecule has 0 saturated heterocycles. The summed E-state index contributed by atoms with van der Waals surface area (Å²) in [6, 6.07) is 29.5. The highest BCUT2D eigenvalue weighted by Gasteiger charge is 2.46. The van der Waals surface area contributed by atoms with Crippen LogP contribution in [0.5, 0.6) is 11.5 Å². The number of rotatable bonds is 20. The number of hydrogen-bond acceptors (Lipinski definition) is 7. The predicted molar refractivity (Wildman–Crippen MR) is 260 cm³/mol. The van der Waals surface area contributed by atoms with E-state index in [9.17, 15) is 88.9 Å². The van der Waals surface area contributed by atoms with E-state index >= 15 is 0 Å². The minimum atomic E-state index is -5.01. The van der Waals surface area contributed by atoms with Gasteiger partial charge in [0, 0.05) is 31.6 Å². The van der Waals surface area contributed by atoms with E-state index in [4.69, 9.17) is 16.6 Å². The SMILES string of the molecule is C.NC[C@@H](O)CC(F)(F)F.N[C@](Cc1ccccc1)(c1ccc(F)cc1)c1cc(F)cc(OC(F)(F)C(F)F)c1.O=C(NC[C@@H](O)CC(F)(F)F)N[C@](Cc1ccccc1)(c1ccc(F)cc1)c1cc(F)cc(OC(F)(F)C(F)F)c1. The predicted octanol–water partition coefficient (Wildman–Crippen LogP) is 12.8. The molecule has 0 unspecified atom stereocenters. The fourth-order valence-electron chi connectivity index (χ4n) is 7.52. The first kappa shape index (κ1) is 68.0. The van der Waals surface area contributed by atoms with Crippen molar-refractivity contribution in [3.63, 3.8) is 0 Å². The van der Waals surface area contributed by atoms with Gasteiger partial charge in [-0.05, 0) is 88.3 Å². The first-order chi connectivity index (χ1) is 37.1. The van der Waals surface area contributed by atoms with Gasteiger partial charge in [-0.25, -0.2) is 22.4 Å². The number of ether oxygens (including phenoxy) is 2. The zero-order valence-corrected chi connectivity index (χ0v) is 41.0. The summed E-state index contributed by atoms with van der Waals surface area (Å²) in [7, 11) is 0. The highest BCUT2D eigenvalue weighted by atomic mass is 19.4. The Bertz CT molecular complexity index is 2870. The number of alkyl halides is 14. The van der Waals surface area contributed by atoms with E-state index in [1.807, 2.05) is 0 Å². The van der Waals surface area contributed by atoms with Crippen molar-refractivity contribution in [2.24, 2.45) is 11.5 Å². The molecule has 0 aliphatic rings. The zero-order chi connectivity index (χ0) is 59.9. The van der Waals surface area contributed by atoms with Crippen molar-refractivity contribution in [3.05, 3.63) is 202 Å².